The van der Waals surface area contributed by atoms with Crippen molar-refractivity contribution in [3.8, 4) is 0 Å². The van der Waals surface area contributed by atoms with E-state index in [-0.39, 0.29) is 16.4 Å². The lowest BCUT2D eigenvalue weighted by Gasteiger charge is -2.48. The molecular formula is C16H21ClFNO2. The Balaban J connectivity index is 1.89. The van der Waals surface area contributed by atoms with Gasteiger partial charge in [0.1, 0.15) is 5.82 Å². The van der Waals surface area contributed by atoms with Crippen LogP contribution in [0.2, 0.25) is 5.02 Å². The molecular weight excluding hydrogens is 293 g/mol. The lowest BCUT2D eigenvalue weighted by molar-refractivity contribution is -0.193. The zero-order chi connectivity index (χ0) is 15.1. The van der Waals surface area contributed by atoms with Crippen LogP contribution >= 0.6 is 11.6 Å². The Hall–Kier alpha value is -0.680. The van der Waals surface area contributed by atoms with Gasteiger partial charge < -0.3 is 9.47 Å². The van der Waals surface area contributed by atoms with Crippen LogP contribution in [0.1, 0.15) is 31.2 Å². The maximum atomic E-state index is 13.4. The fourth-order valence-corrected chi connectivity index (χ4v) is 3.79. The Morgan fingerprint density at radius 3 is 2.24 bits per heavy atom. The lowest BCUT2D eigenvalue weighted by Crippen LogP contribution is -2.49. The number of nitrogens with zero attached hydrogens (tertiary/aromatic N) is 1. The molecule has 1 spiro atoms. The number of halogens is 2. The van der Waals surface area contributed by atoms with Gasteiger partial charge in [-0.15, -0.1) is 0 Å². The average Bonchev–Trinajstić information content (AvgIpc) is 2.91. The number of rotatable bonds is 2. The summed E-state index contributed by atoms with van der Waals surface area (Å²) >= 11 is 5.98. The summed E-state index contributed by atoms with van der Waals surface area (Å²) in [5.74, 6) is -0.771. The van der Waals surface area contributed by atoms with Crippen LogP contribution in [-0.4, -0.2) is 38.0 Å². The van der Waals surface area contributed by atoms with Crippen LogP contribution in [-0.2, 0) is 15.0 Å². The summed E-state index contributed by atoms with van der Waals surface area (Å²) in [5.41, 5.74) is 0.921. The van der Waals surface area contributed by atoms with E-state index in [4.69, 9.17) is 21.1 Å². The van der Waals surface area contributed by atoms with E-state index in [1.54, 1.807) is 6.07 Å². The third-order valence-corrected chi connectivity index (χ3v) is 5.26. The second-order valence-electron chi connectivity index (χ2n) is 6.16. The first-order valence-corrected chi connectivity index (χ1v) is 7.76. The highest BCUT2D eigenvalue weighted by molar-refractivity contribution is 6.30. The van der Waals surface area contributed by atoms with Gasteiger partial charge in [0.05, 0.1) is 18.2 Å². The molecule has 116 valence electrons. The molecule has 0 unspecified atom stereocenters. The van der Waals surface area contributed by atoms with E-state index in [1.165, 1.54) is 6.07 Å². The zero-order valence-corrected chi connectivity index (χ0v) is 13.3. The first-order valence-electron chi connectivity index (χ1n) is 7.38. The summed E-state index contributed by atoms with van der Waals surface area (Å²) in [6, 6.07) is 5.05. The van der Waals surface area contributed by atoms with Crippen LogP contribution in [0.25, 0.3) is 0 Å². The molecule has 5 heteroatoms. The Morgan fingerprint density at radius 1 is 1.10 bits per heavy atom. The van der Waals surface area contributed by atoms with Gasteiger partial charge in [0.2, 0.25) is 0 Å². The van der Waals surface area contributed by atoms with E-state index in [0.29, 0.717) is 13.2 Å². The van der Waals surface area contributed by atoms with E-state index in [9.17, 15) is 4.39 Å². The Morgan fingerprint density at radius 2 is 1.71 bits per heavy atom. The number of hydrogen-bond acceptors (Lipinski definition) is 3. The maximum absolute atomic E-state index is 13.4. The highest BCUT2D eigenvalue weighted by Crippen LogP contribution is 2.47. The maximum Gasteiger partial charge on any atom is 0.168 e. The van der Waals surface area contributed by atoms with Crippen molar-refractivity contribution in [1.82, 2.24) is 4.90 Å². The Kier molecular flexibility index (Phi) is 3.99. The second kappa shape index (κ2) is 5.51. The zero-order valence-electron chi connectivity index (χ0n) is 12.5. The van der Waals surface area contributed by atoms with Gasteiger partial charge in [-0.1, -0.05) is 17.7 Å². The molecule has 1 aliphatic carbocycles. The minimum atomic E-state index is -0.399. The van der Waals surface area contributed by atoms with Crippen LogP contribution in [0, 0.1) is 5.82 Å². The lowest BCUT2D eigenvalue weighted by atomic mass is 9.73. The number of benzene rings is 1. The van der Waals surface area contributed by atoms with Crippen LogP contribution in [0.5, 0.6) is 0 Å². The normalized spacial score (nSPS) is 23.9. The molecule has 0 N–H and O–H groups in total. The van der Waals surface area contributed by atoms with E-state index < -0.39 is 5.79 Å². The third kappa shape index (κ3) is 2.59. The van der Waals surface area contributed by atoms with Gasteiger partial charge in [-0.05, 0) is 44.6 Å². The summed E-state index contributed by atoms with van der Waals surface area (Å²) in [7, 11) is 4.12. The molecule has 2 aliphatic rings. The van der Waals surface area contributed by atoms with Crippen LogP contribution in [0.15, 0.2) is 18.2 Å². The van der Waals surface area contributed by atoms with E-state index in [2.05, 4.69) is 19.0 Å². The standard InChI is InChI=1S/C16H21ClFNO2/c1-19(2)15(12-3-4-14(18)13(17)11-12)5-7-16(8-6-15)20-9-10-21-16/h3-4,11H,5-10H2,1-2H3. The molecule has 0 aromatic heterocycles. The van der Waals surface area contributed by atoms with Crippen LogP contribution in [0.4, 0.5) is 4.39 Å². The highest BCUT2D eigenvalue weighted by atomic mass is 35.5. The predicted molar refractivity (Wildman–Crippen MR) is 79.9 cm³/mol. The minimum Gasteiger partial charge on any atom is -0.348 e. The van der Waals surface area contributed by atoms with Gasteiger partial charge in [-0.25, -0.2) is 4.39 Å². The summed E-state index contributed by atoms with van der Waals surface area (Å²) < 4.78 is 25.1. The molecule has 0 radical (unpaired) electrons. The Bertz CT molecular complexity index is 519. The topological polar surface area (TPSA) is 21.7 Å². The largest absolute Gasteiger partial charge is 0.348 e. The van der Waals surface area contributed by atoms with Crippen molar-refractivity contribution in [2.24, 2.45) is 0 Å². The third-order valence-electron chi connectivity index (χ3n) is 4.97. The fourth-order valence-electron chi connectivity index (χ4n) is 3.61. The molecule has 21 heavy (non-hydrogen) atoms. The molecule has 0 atom stereocenters. The average molecular weight is 314 g/mol. The van der Waals surface area contributed by atoms with Crippen molar-refractivity contribution in [1.29, 1.82) is 0 Å². The molecule has 1 aromatic rings. The van der Waals surface area contributed by atoms with E-state index in [1.807, 2.05) is 6.07 Å². The molecule has 1 saturated carbocycles. The molecule has 3 nitrogen and oxygen atoms in total. The predicted octanol–water partition coefficient (Wildman–Crippen LogP) is 3.55. The molecule has 0 bridgehead atoms. The van der Waals surface area contributed by atoms with Gasteiger partial charge in [0.15, 0.2) is 5.79 Å². The second-order valence-corrected chi connectivity index (χ2v) is 6.57. The van der Waals surface area contributed by atoms with E-state index >= 15 is 0 Å². The quantitative estimate of drug-likeness (QED) is 0.833. The Labute approximate surface area is 130 Å². The molecule has 1 aromatic carbocycles. The van der Waals surface area contributed by atoms with Gasteiger partial charge in [0.25, 0.3) is 0 Å². The molecule has 1 heterocycles. The van der Waals surface area contributed by atoms with Crippen LogP contribution < -0.4 is 0 Å². The summed E-state index contributed by atoms with van der Waals surface area (Å²) in [6.45, 7) is 1.36. The number of hydrogen-bond donors (Lipinski definition) is 0. The first kappa shape index (κ1) is 15.2. The summed E-state index contributed by atoms with van der Waals surface area (Å²) in [4.78, 5) is 2.21. The summed E-state index contributed by atoms with van der Waals surface area (Å²) in [6.07, 6.45) is 3.50. The van der Waals surface area contributed by atoms with Crippen molar-refractivity contribution in [2.45, 2.75) is 37.0 Å². The van der Waals surface area contributed by atoms with Crippen LogP contribution in [0.3, 0.4) is 0 Å². The molecule has 0 amide bonds. The van der Waals surface area contributed by atoms with Crippen molar-refractivity contribution in [3.05, 3.63) is 34.6 Å². The van der Waals surface area contributed by atoms with Gasteiger partial charge in [0, 0.05) is 18.4 Å². The molecule has 1 saturated heterocycles. The SMILES string of the molecule is CN(C)C1(c2ccc(F)c(Cl)c2)CCC2(CC1)OCCO2. The fraction of sp³-hybridized carbons (Fsp3) is 0.625. The minimum absolute atomic E-state index is 0.141. The number of ether oxygens (including phenoxy) is 2. The first-order chi connectivity index (χ1) is 9.97. The highest BCUT2D eigenvalue weighted by Gasteiger charge is 2.48. The van der Waals surface area contributed by atoms with Crippen molar-refractivity contribution in [2.75, 3.05) is 27.3 Å². The van der Waals surface area contributed by atoms with Crippen molar-refractivity contribution >= 4 is 11.6 Å². The van der Waals surface area contributed by atoms with Gasteiger partial charge in [-0.2, -0.15) is 0 Å². The summed E-state index contributed by atoms with van der Waals surface area (Å²) in [5, 5.41) is 0.183. The van der Waals surface area contributed by atoms with E-state index in [0.717, 1.165) is 31.2 Å². The smallest absolute Gasteiger partial charge is 0.168 e. The van der Waals surface area contributed by atoms with Gasteiger partial charge in [-0.3, -0.25) is 4.90 Å². The van der Waals surface area contributed by atoms with Gasteiger partial charge >= 0.3 is 0 Å². The molecule has 2 fully saturated rings. The molecule has 3 rings (SSSR count). The monoisotopic (exact) mass is 313 g/mol. The van der Waals surface area contributed by atoms with Crippen molar-refractivity contribution < 1.29 is 13.9 Å². The van der Waals surface area contributed by atoms with Crippen molar-refractivity contribution in [3.63, 3.8) is 0 Å². The molecule has 1 aliphatic heterocycles.